The molecule has 2 aliphatic heterocycles. The molecule has 0 spiro atoms. The molecule has 1 N–H and O–H groups in total. The van der Waals surface area contributed by atoms with Gasteiger partial charge in [0.2, 0.25) is 5.88 Å². The van der Waals surface area contributed by atoms with E-state index < -0.39 is 5.97 Å². The third-order valence-electron chi connectivity index (χ3n) is 5.24. The number of carbonyl (C=O) groups is 1. The number of aromatic nitrogens is 1. The lowest BCUT2D eigenvalue weighted by Gasteiger charge is -2.35. The summed E-state index contributed by atoms with van der Waals surface area (Å²) in [6.07, 6.45) is 6.16. The van der Waals surface area contributed by atoms with Gasteiger partial charge in [0.1, 0.15) is 0 Å². The maximum absolute atomic E-state index is 12.6. The number of pyridine rings is 1. The van der Waals surface area contributed by atoms with Gasteiger partial charge in [-0.3, -0.25) is 0 Å². The van der Waals surface area contributed by atoms with Gasteiger partial charge in [-0.25, -0.2) is 14.8 Å². The molecule has 7 nitrogen and oxygen atoms in total. The zero-order valence-electron chi connectivity index (χ0n) is 16.9. The number of fused-ring (bicyclic) bond motifs is 1. The van der Waals surface area contributed by atoms with Gasteiger partial charge in [0.15, 0.2) is 22.9 Å². The molecule has 152 valence electrons. The van der Waals surface area contributed by atoms with E-state index in [9.17, 15) is 9.90 Å². The van der Waals surface area contributed by atoms with E-state index in [1.807, 2.05) is 17.0 Å². The molecular formula is C22H25N3O4. The Morgan fingerprint density at radius 2 is 2.14 bits per heavy atom. The van der Waals surface area contributed by atoms with Crippen LogP contribution in [0.2, 0.25) is 0 Å². The van der Waals surface area contributed by atoms with E-state index in [4.69, 9.17) is 9.15 Å². The maximum Gasteiger partial charge on any atom is 0.347 e. The van der Waals surface area contributed by atoms with E-state index in [-0.39, 0.29) is 23.7 Å². The van der Waals surface area contributed by atoms with Crippen LogP contribution in [0.4, 0.5) is 11.7 Å². The second-order valence-corrected chi connectivity index (χ2v) is 7.80. The first-order valence-corrected chi connectivity index (χ1v) is 9.96. The highest BCUT2D eigenvalue weighted by Crippen LogP contribution is 2.41. The number of aromatic hydroxyl groups is 1. The highest BCUT2D eigenvalue weighted by atomic mass is 16.5. The minimum atomic E-state index is -0.582. The minimum Gasteiger partial charge on any atom is -0.504 e. The number of allylic oxidation sites excluding steroid dienone is 1. The summed E-state index contributed by atoms with van der Waals surface area (Å²) in [5.74, 6) is 1.34. The molecule has 2 atom stereocenters. The van der Waals surface area contributed by atoms with Crippen molar-refractivity contribution in [1.29, 1.82) is 0 Å². The molecule has 2 aromatic heterocycles. The first-order valence-electron chi connectivity index (χ1n) is 9.96. The summed E-state index contributed by atoms with van der Waals surface area (Å²) in [5.41, 5.74) is 1.70. The number of hydrogen-bond donors (Lipinski definition) is 1. The lowest BCUT2D eigenvalue weighted by molar-refractivity contribution is 0.0523. The molecule has 1 unspecified atom stereocenters. The molecule has 4 rings (SSSR count). The molecular weight excluding hydrogens is 370 g/mol. The Bertz CT molecular complexity index is 982. The summed E-state index contributed by atoms with van der Waals surface area (Å²) in [6.45, 7) is 7.83. The lowest BCUT2D eigenvalue weighted by atomic mass is 9.92. The second-order valence-electron chi connectivity index (χ2n) is 7.80. The number of ether oxygens (including phenoxy) is 1. The van der Waals surface area contributed by atoms with Gasteiger partial charge < -0.3 is 19.2 Å². The van der Waals surface area contributed by atoms with Crippen molar-refractivity contribution in [2.75, 3.05) is 24.6 Å². The summed E-state index contributed by atoms with van der Waals surface area (Å²) in [6, 6.07) is 3.73. The Labute approximate surface area is 169 Å². The van der Waals surface area contributed by atoms with E-state index in [0.29, 0.717) is 23.5 Å². The standard InChI is InChI=1S/C22H25N3O4/c1-4-28-22(27)18-19(26)17(9-15-10-24-20-16(15)6-5-7-23-20)29-21(18)25-11-13(2)8-14(3)12-25/h5-7,9-10,13-14,26H,4,8,11-12H2,1-3H3/t13-,14?/m0/s1. The number of aliphatic imine (C=N–C) groups is 1. The van der Waals surface area contributed by atoms with Crippen molar-refractivity contribution in [2.24, 2.45) is 16.8 Å². The number of anilines is 1. The van der Waals surface area contributed by atoms with Crippen molar-refractivity contribution in [1.82, 2.24) is 4.98 Å². The Morgan fingerprint density at radius 1 is 1.38 bits per heavy atom. The molecule has 0 aliphatic carbocycles. The Kier molecular flexibility index (Phi) is 5.13. The van der Waals surface area contributed by atoms with E-state index >= 15 is 0 Å². The number of esters is 1. The van der Waals surface area contributed by atoms with Crippen LogP contribution in [0.15, 0.2) is 27.7 Å². The topological polar surface area (TPSA) is 88.2 Å². The van der Waals surface area contributed by atoms with Gasteiger partial charge in [0, 0.05) is 36.6 Å². The van der Waals surface area contributed by atoms with Crippen molar-refractivity contribution in [2.45, 2.75) is 27.2 Å². The molecule has 0 aromatic carbocycles. The quantitative estimate of drug-likeness (QED) is 0.777. The van der Waals surface area contributed by atoms with Gasteiger partial charge in [-0.05, 0) is 43.4 Å². The van der Waals surface area contributed by atoms with E-state index in [1.165, 1.54) is 0 Å². The molecule has 1 saturated heterocycles. The number of carbonyl (C=O) groups excluding carboxylic acids is 1. The fraction of sp³-hybridized carbons (Fsp3) is 0.409. The smallest absolute Gasteiger partial charge is 0.347 e. The summed E-state index contributed by atoms with van der Waals surface area (Å²) in [4.78, 5) is 23.2. The summed E-state index contributed by atoms with van der Waals surface area (Å²) in [5, 5.41) is 10.9. The molecule has 29 heavy (non-hydrogen) atoms. The van der Waals surface area contributed by atoms with Gasteiger partial charge in [0.05, 0.1) is 6.61 Å². The van der Waals surface area contributed by atoms with E-state index in [2.05, 4.69) is 23.8 Å². The van der Waals surface area contributed by atoms with Crippen molar-refractivity contribution in [3.8, 4) is 5.75 Å². The largest absolute Gasteiger partial charge is 0.504 e. The van der Waals surface area contributed by atoms with Crippen LogP contribution >= 0.6 is 0 Å². The van der Waals surface area contributed by atoms with Gasteiger partial charge in [-0.15, -0.1) is 0 Å². The number of piperidine rings is 1. The molecule has 0 amide bonds. The van der Waals surface area contributed by atoms with Crippen LogP contribution in [-0.2, 0) is 4.74 Å². The maximum atomic E-state index is 12.6. The average molecular weight is 395 g/mol. The van der Waals surface area contributed by atoms with Crippen LogP contribution in [0.1, 0.15) is 48.9 Å². The summed E-state index contributed by atoms with van der Waals surface area (Å²) >= 11 is 0. The zero-order valence-corrected chi connectivity index (χ0v) is 16.9. The van der Waals surface area contributed by atoms with Crippen LogP contribution in [0.25, 0.3) is 11.6 Å². The SMILES string of the molecule is CCOC(=O)c1c(N2CC(C)C[C@H](C)C2)oc(C=C2C=Nc3ncccc32)c1O. The third kappa shape index (κ3) is 3.64. The Hall–Kier alpha value is -3.09. The second kappa shape index (κ2) is 7.73. The van der Waals surface area contributed by atoms with Crippen molar-refractivity contribution in [3.05, 3.63) is 35.2 Å². The van der Waals surface area contributed by atoms with E-state index in [1.54, 1.807) is 25.4 Å². The highest BCUT2D eigenvalue weighted by molar-refractivity contribution is 6.21. The molecule has 2 aromatic rings. The van der Waals surface area contributed by atoms with Crippen molar-refractivity contribution in [3.63, 3.8) is 0 Å². The van der Waals surface area contributed by atoms with Crippen LogP contribution in [0.3, 0.4) is 0 Å². The van der Waals surface area contributed by atoms with Gasteiger partial charge in [-0.2, -0.15) is 0 Å². The fourth-order valence-corrected chi connectivity index (χ4v) is 4.15. The average Bonchev–Trinajstić information content (AvgIpc) is 3.23. The van der Waals surface area contributed by atoms with Crippen molar-refractivity contribution < 1.29 is 19.1 Å². The number of hydrogen-bond acceptors (Lipinski definition) is 7. The van der Waals surface area contributed by atoms with Gasteiger partial charge in [-0.1, -0.05) is 13.8 Å². The van der Waals surface area contributed by atoms with E-state index in [0.717, 1.165) is 30.6 Å². The first kappa shape index (κ1) is 19.2. The zero-order chi connectivity index (χ0) is 20.5. The molecule has 0 radical (unpaired) electrons. The molecule has 7 heteroatoms. The van der Waals surface area contributed by atoms with Gasteiger partial charge in [0.25, 0.3) is 0 Å². The molecule has 4 heterocycles. The first-order chi connectivity index (χ1) is 14.0. The summed E-state index contributed by atoms with van der Waals surface area (Å²) in [7, 11) is 0. The monoisotopic (exact) mass is 395 g/mol. The fourth-order valence-electron chi connectivity index (χ4n) is 4.15. The van der Waals surface area contributed by atoms with Crippen LogP contribution in [-0.4, -0.2) is 42.0 Å². The minimum absolute atomic E-state index is 0.0846. The number of nitrogens with zero attached hydrogens (tertiary/aromatic N) is 3. The predicted molar refractivity (Wildman–Crippen MR) is 112 cm³/mol. The Balaban J connectivity index is 1.77. The van der Waals surface area contributed by atoms with Crippen LogP contribution in [0.5, 0.6) is 5.75 Å². The normalized spacial score (nSPS) is 22.2. The molecule has 1 fully saturated rings. The van der Waals surface area contributed by atoms with Crippen LogP contribution < -0.4 is 4.90 Å². The molecule has 0 saturated carbocycles. The van der Waals surface area contributed by atoms with Crippen molar-refractivity contribution >= 4 is 35.5 Å². The number of rotatable bonds is 4. The highest BCUT2D eigenvalue weighted by Gasteiger charge is 2.33. The number of furan rings is 1. The Morgan fingerprint density at radius 3 is 2.86 bits per heavy atom. The predicted octanol–water partition coefficient (Wildman–Crippen LogP) is 4.30. The molecule has 2 aliphatic rings. The summed E-state index contributed by atoms with van der Waals surface area (Å²) < 4.78 is 11.2. The van der Waals surface area contributed by atoms with Crippen LogP contribution in [0, 0.1) is 11.8 Å². The van der Waals surface area contributed by atoms with Gasteiger partial charge >= 0.3 is 5.97 Å². The molecule has 0 bridgehead atoms. The lowest BCUT2D eigenvalue weighted by Crippen LogP contribution is -2.39. The third-order valence-corrected chi connectivity index (χ3v) is 5.24.